The predicted molar refractivity (Wildman–Crippen MR) is 114 cm³/mol. The molecular weight excluding hydrogens is 413 g/mol. The molecule has 2 aromatic rings. The number of nitrogens with one attached hydrogen (secondary N) is 1. The Hall–Kier alpha value is -3.47. The van der Waals surface area contributed by atoms with Crippen LogP contribution >= 0.6 is 0 Å². The lowest BCUT2D eigenvalue weighted by molar-refractivity contribution is 0.186. The molecule has 1 N–H and O–H groups in total. The molecule has 166 valence electrons. The first-order valence-corrected chi connectivity index (χ1v) is 10.6. The molecule has 2 aliphatic heterocycles. The lowest BCUT2D eigenvalue weighted by atomic mass is 10.2. The van der Waals surface area contributed by atoms with E-state index >= 15 is 0 Å². The normalized spacial score (nSPS) is 18.8. The average Bonchev–Trinajstić information content (AvgIpc) is 3.23. The number of ether oxygens (including phenoxy) is 2. The number of halogens is 1. The molecule has 32 heavy (non-hydrogen) atoms. The molecule has 0 spiro atoms. The van der Waals surface area contributed by atoms with E-state index in [9.17, 15) is 9.65 Å². The van der Waals surface area contributed by atoms with Crippen LogP contribution in [0.5, 0.6) is 17.6 Å². The summed E-state index contributed by atoms with van der Waals surface area (Å²) in [6, 6.07) is 8.19. The second-order valence-corrected chi connectivity index (χ2v) is 7.81. The summed E-state index contributed by atoms with van der Waals surface area (Å²) < 4.78 is 26.1. The summed E-state index contributed by atoms with van der Waals surface area (Å²) >= 11 is 0. The Morgan fingerprint density at radius 1 is 1.19 bits per heavy atom. The van der Waals surface area contributed by atoms with E-state index in [1.807, 2.05) is 11.0 Å². The fourth-order valence-electron chi connectivity index (χ4n) is 3.87. The van der Waals surface area contributed by atoms with Gasteiger partial charge in [-0.2, -0.15) is 20.5 Å². The fourth-order valence-corrected chi connectivity index (χ4v) is 3.87. The topological polar surface area (TPSA) is 110 Å². The van der Waals surface area contributed by atoms with Gasteiger partial charge >= 0.3 is 6.01 Å². The molecule has 1 aromatic heterocycles. The maximum atomic E-state index is 14.5. The summed E-state index contributed by atoms with van der Waals surface area (Å²) in [6.45, 7) is 4.23. The van der Waals surface area contributed by atoms with Gasteiger partial charge in [-0.3, -0.25) is 0 Å². The van der Waals surface area contributed by atoms with Crippen LogP contribution in [0.4, 0.5) is 10.2 Å². The Morgan fingerprint density at radius 2 is 2.00 bits per heavy atom. The highest BCUT2D eigenvalue weighted by molar-refractivity contribution is 5.60. The SMILES string of the molecule is CN1CCCC1COc1nc(Oc2ccc(C#N)cc2F)c(C#N)c(N2CCNCC2)n1. The van der Waals surface area contributed by atoms with Gasteiger partial charge < -0.3 is 24.6 Å². The maximum absolute atomic E-state index is 14.5. The summed E-state index contributed by atoms with van der Waals surface area (Å²) in [5.41, 5.74) is 0.283. The molecule has 10 heteroatoms. The van der Waals surface area contributed by atoms with E-state index < -0.39 is 5.82 Å². The third-order valence-electron chi connectivity index (χ3n) is 5.71. The van der Waals surface area contributed by atoms with Crippen molar-refractivity contribution in [3.63, 3.8) is 0 Å². The first-order chi connectivity index (χ1) is 15.6. The van der Waals surface area contributed by atoms with Crippen molar-refractivity contribution in [2.24, 2.45) is 0 Å². The van der Waals surface area contributed by atoms with E-state index in [0.29, 0.717) is 25.5 Å². The van der Waals surface area contributed by atoms with Gasteiger partial charge in [0.1, 0.15) is 12.7 Å². The zero-order valence-electron chi connectivity index (χ0n) is 17.8. The number of rotatable bonds is 6. The van der Waals surface area contributed by atoms with Crippen molar-refractivity contribution in [1.82, 2.24) is 20.2 Å². The molecule has 0 bridgehead atoms. The van der Waals surface area contributed by atoms with Crippen LogP contribution in [0, 0.1) is 28.5 Å². The molecule has 0 amide bonds. The van der Waals surface area contributed by atoms with Crippen LogP contribution in [-0.4, -0.2) is 67.3 Å². The first-order valence-electron chi connectivity index (χ1n) is 10.6. The molecule has 0 saturated carbocycles. The van der Waals surface area contributed by atoms with Crippen LogP contribution in [0.2, 0.25) is 0 Å². The summed E-state index contributed by atoms with van der Waals surface area (Å²) in [5, 5.41) is 22.1. The molecule has 1 unspecified atom stereocenters. The Bertz CT molecular complexity index is 1060. The smallest absolute Gasteiger partial charge is 0.321 e. The van der Waals surface area contributed by atoms with Crippen molar-refractivity contribution >= 4 is 5.82 Å². The Balaban J connectivity index is 1.67. The molecule has 2 fully saturated rings. The number of piperazine rings is 1. The number of benzene rings is 1. The third-order valence-corrected chi connectivity index (χ3v) is 5.71. The van der Waals surface area contributed by atoms with Crippen LogP contribution < -0.4 is 19.7 Å². The molecule has 0 radical (unpaired) electrons. The standard InChI is InChI=1S/C22H24FN7O2/c1-29-8-2-3-16(29)14-31-22-27-20(30-9-6-26-7-10-30)17(13-25)21(28-22)32-19-5-4-15(12-24)11-18(19)23/h4-5,11,16,26H,2-3,6-10,14H2,1H3. The largest absolute Gasteiger partial charge is 0.462 e. The number of aromatic nitrogens is 2. The van der Waals surface area contributed by atoms with Crippen LogP contribution in [0.25, 0.3) is 0 Å². The zero-order chi connectivity index (χ0) is 22.5. The van der Waals surface area contributed by atoms with Crippen molar-refractivity contribution in [2.45, 2.75) is 18.9 Å². The van der Waals surface area contributed by atoms with Gasteiger partial charge in [0.2, 0.25) is 5.88 Å². The average molecular weight is 437 g/mol. The van der Waals surface area contributed by atoms with Crippen LogP contribution in [0.15, 0.2) is 18.2 Å². The Labute approximate surface area is 186 Å². The van der Waals surface area contributed by atoms with E-state index in [-0.39, 0.29) is 34.8 Å². The van der Waals surface area contributed by atoms with Gasteiger partial charge in [0.05, 0.1) is 11.6 Å². The highest BCUT2D eigenvalue weighted by Gasteiger charge is 2.26. The highest BCUT2D eigenvalue weighted by atomic mass is 19.1. The molecule has 1 atom stereocenters. The lowest BCUT2D eigenvalue weighted by Crippen LogP contribution is -2.44. The van der Waals surface area contributed by atoms with Crippen molar-refractivity contribution in [1.29, 1.82) is 10.5 Å². The Kier molecular flexibility index (Phi) is 6.64. The molecule has 0 aliphatic carbocycles. The van der Waals surface area contributed by atoms with Gasteiger partial charge in [-0.05, 0) is 44.6 Å². The second kappa shape index (κ2) is 9.77. The molecule has 9 nitrogen and oxygen atoms in total. The third kappa shape index (κ3) is 4.72. The van der Waals surface area contributed by atoms with Crippen LogP contribution in [-0.2, 0) is 0 Å². The number of hydrogen-bond acceptors (Lipinski definition) is 9. The summed E-state index contributed by atoms with van der Waals surface area (Å²) in [7, 11) is 2.05. The number of nitriles is 2. The second-order valence-electron chi connectivity index (χ2n) is 7.81. The monoisotopic (exact) mass is 437 g/mol. The molecular formula is C22H24FN7O2. The van der Waals surface area contributed by atoms with Gasteiger partial charge in [-0.15, -0.1) is 0 Å². The molecule has 2 aliphatic rings. The molecule has 4 rings (SSSR count). The molecule has 2 saturated heterocycles. The number of likely N-dealkylation sites (tertiary alicyclic amines) is 1. The van der Waals surface area contributed by atoms with Crippen LogP contribution in [0.1, 0.15) is 24.0 Å². The molecule has 3 heterocycles. The number of anilines is 1. The zero-order valence-corrected chi connectivity index (χ0v) is 17.8. The number of nitrogens with zero attached hydrogens (tertiary/aromatic N) is 6. The van der Waals surface area contributed by atoms with E-state index in [0.717, 1.165) is 38.5 Å². The van der Waals surface area contributed by atoms with Gasteiger partial charge in [0.25, 0.3) is 0 Å². The lowest BCUT2D eigenvalue weighted by Gasteiger charge is -2.29. The van der Waals surface area contributed by atoms with Gasteiger partial charge in [0.15, 0.2) is 22.9 Å². The Morgan fingerprint density at radius 3 is 2.66 bits per heavy atom. The minimum absolute atomic E-state index is 0.0746. The highest BCUT2D eigenvalue weighted by Crippen LogP contribution is 2.33. The number of hydrogen-bond donors (Lipinski definition) is 1. The predicted octanol–water partition coefficient (Wildman–Crippen LogP) is 2.03. The van der Waals surface area contributed by atoms with Crippen LogP contribution in [0.3, 0.4) is 0 Å². The minimum Gasteiger partial charge on any atom is -0.462 e. The van der Waals surface area contributed by atoms with Gasteiger partial charge in [-0.1, -0.05) is 0 Å². The van der Waals surface area contributed by atoms with Gasteiger partial charge in [0, 0.05) is 32.2 Å². The van der Waals surface area contributed by atoms with E-state index in [1.165, 1.54) is 12.1 Å². The van der Waals surface area contributed by atoms with Crippen molar-refractivity contribution in [3.05, 3.63) is 35.1 Å². The first kappa shape index (κ1) is 21.8. The van der Waals surface area contributed by atoms with E-state index in [1.54, 1.807) is 0 Å². The van der Waals surface area contributed by atoms with Crippen molar-refractivity contribution in [2.75, 3.05) is 51.3 Å². The van der Waals surface area contributed by atoms with Crippen molar-refractivity contribution in [3.8, 4) is 29.8 Å². The van der Waals surface area contributed by atoms with Gasteiger partial charge in [-0.25, -0.2) is 4.39 Å². The minimum atomic E-state index is -0.717. The van der Waals surface area contributed by atoms with Crippen molar-refractivity contribution < 1.29 is 13.9 Å². The fraction of sp³-hybridized carbons (Fsp3) is 0.455. The summed E-state index contributed by atoms with van der Waals surface area (Å²) in [5.74, 6) is -0.519. The maximum Gasteiger partial charge on any atom is 0.321 e. The van der Waals surface area contributed by atoms with E-state index in [2.05, 4.69) is 33.3 Å². The van der Waals surface area contributed by atoms with E-state index in [4.69, 9.17) is 14.7 Å². The summed E-state index contributed by atoms with van der Waals surface area (Å²) in [4.78, 5) is 13.0. The number of likely N-dealkylation sites (N-methyl/N-ethyl adjacent to an activating group) is 1. The molecule has 1 aromatic carbocycles. The quantitative estimate of drug-likeness (QED) is 0.726. The summed E-state index contributed by atoms with van der Waals surface area (Å²) in [6.07, 6.45) is 2.13.